The topological polar surface area (TPSA) is 37.3 Å². The summed E-state index contributed by atoms with van der Waals surface area (Å²) in [6.45, 7) is 3.60. The third-order valence-corrected chi connectivity index (χ3v) is 3.05. The number of carbonyl (C=O) groups excluding carboxylic acids is 1. The Hall–Kier alpha value is -0.890. The number of ketones is 1. The molecule has 0 amide bonds. The van der Waals surface area contributed by atoms with Crippen molar-refractivity contribution < 1.29 is 9.90 Å². The molecule has 3 unspecified atom stereocenters. The number of carbonyl (C=O) groups is 1. The number of aliphatic hydroxyl groups is 1. The van der Waals surface area contributed by atoms with Gasteiger partial charge in [-0.05, 0) is 18.9 Å². The van der Waals surface area contributed by atoms with Crippen molar-refractivity contribution in [2.24, 2.45) is 11.8 Å². The minimum atomic E-state index is -0.826. The summed E-state index contributed by atoms with van der Waals surface area (Å²) in [4.78, 5) is 11.2. The molecule has 2 aliphatic rings. The minimum Gasteiger partial charge on any atom is -0.385 e. The molecule has 0 aromatic carbocycles. The zero-order chi connectivity index (χ0) is 8.77. The maximum Gasteiger partial charge on any atom is 0.159 e. The Labute approximate surface area is 71.6 Å². The maximum absolute atomic E-state index is 11.2. The fraction of sp³-hybridized carbons (Fsp3) is 0.500. The van der Waals surface area contributed by atoms with Crippen LogP contribution < -0.4 is 0 Å². The van der Waals surface area contributed by atoms with Gasteiger partial charge in [-0.25, -0.2) is 0 Å². The van der Waals surface area contributed by atoms with Crippen molar-refractivity contribution in [3.63, 3.8) is 0 Å². The van der Waals surface area contributed by atoms with Gasteiger partial charge in [0.25, 0.3) is 0 Å². The summed E-state index contributed by atoms with van der Waals surface area (Å²) >= 11 is 0. The molecule has 0 saturated heterocycles. The first kappa shape index (κ1) is 7.74. The highest BCUT2D eigenvalue weighted by Crippen LogP contribution is 2.45. The molecule has 12 heavy (non-hydrogen) atoms. The lowest BCUT2D eigenvalue weighted by molar-refractivity contribution is -0.118. The molecule has 0 spiro atoms. The Kier molecular flexibility index (Phi) is 1.48. The van der Waals surface area contributed by atoms with Crippen molar-refractivity contribution in [2.75, 3.05) is 0 Å². The molecule has 2 aliphatic carbocycles. The molecule has 0 radical (unpaired) electrons. The predicted octanol–water partition coefficient (Wildman–Crippen LogP) is 1.07. The van der Waals surface area contributed by atoms with Crippen LogP contribution in [0.25, 0.3) is 0 Å². The molecule has 0 bridgehead atoms. The molecule has 0 aromatic rings. The van der Waals surface area contributed by atoms with Crippen LogP contribution in [0, 0.1) is 11.8 Å². The molecular formula is C10H12O2. The van der Waals surface area contributed by atoms with Crippen LogP contribution in [0.5, 0.6) is 0 Å². The fourth-order valence-corrected chi connectivity index (χ4v) is 2.26. The second kappa shape index (κ2) is 2.30. The summed E-state index contributed by atoms with van der Waals surface area (Å²) in [6, 6.07) is 0. The highest BCUT2D eigenvalue weighted by atomic mass is 16.3. The second-order valence-electron chi connectivity index (χ2n) is 3.63. The zero-order valence-corrected chi connectivity index (χ0v) is 6.86. The van der Waals surface area contributed by atoms with Crippen molar-refractivity contribution in [3.8, 4) is 0 Å². The first-order chi connectivity index (χ1) is 5.67. The first-order valence-electron chi connectivity index (χ1n) is 4.25. The van der Waals surface area contributed by atoms with E-state index in [2.05, 4.69) is 6.58 Å². The van der Waals surface area contributed by atoms with Gasteiger partial charge in [0.2, 0.25) is 0 Å². The van der Waals surface area contributed by atoms with Crippen molar-refractivity contribution >= 4 is 5.78 Å². The van der Waals surface area contributed by atoms with E-state index >= 15 is 0 Å². The SMILES string of the molecule is C=CC1(O)CCC2C(=O)C=CC21. The summed E-state index contributed by atoms with van der Waals surface area (Å²) in [7, 11) is 0. The number of hydrogen-bond donors (Lipinski definition) is 1. The van der Waals surface area contributed by atoms with Gasteiger partial charge in [0.1, 0.15) is 0 Å². The summed E-state index contributed by atoms with van der Waals surface area (Å²) < 4.78 is 0. The van der Waals surface area contributed by atoms with Crippen LogP contribution >= 0.6 is 0 Å². The van der Waals surface area contributed by atoms with Crippen molar-refractivity contribution in [3.05, 3.63) is 24.8 Å². The number of hydrogen-bond acceptors (Lipinski definition) is 2. The number of allylic oxidation sites excluding steroid dienone is 1. The third kappa shape index (κ3) is 0.815. The van der Waals surface area contributed by atoms with Crippen LogP contribution in [0.15, 0.2) is 24.8 Å². The highest BCUT2D eigenvalue weighted by molar-refractivity contribution is 5.95. The lowest BCUT2D eigenvalue weighted by atomic mass is 9.88. The predicted molar refractivity (Wildman–Crippen MR) is 45.5 cm³/mol. The van der Waals surface area contributed by atoms with E-state index in [1.807, 2.05) is 6.08 Å². The van der Waals surface area contributed by atoms with E-state index in [9.17, 15) is 9.90 Å². The fourth-order valence-electron chi connectivity index (χ4n) is 2.26. The van der Waals surface area contributed by atoms with Gasteiger partial charge in [0.15, 0.2) is 5.78 Å². The van der Waals surface area contributed by atoms with Crippen LogP contribution in [0.1, 0.15) is 12.8 Å². The second-order valence-corrected chi connectivity index (χ2v) is 3.63. The Bertz CT molecular complexity index is 267. The van der Waals surface area contributed by atoms with E-state index in [1.54, 1.807) is 12.2 Å². The number of rotatable bonds is 1. The molecule has 2 rings (SSSR count). The molecule has 0 aromatic heterocycles. The molecule has 3 atom stereocenters. The van der Waals surface area contributed by atoms with Crippen LogP contribution in [0.2, 0.25) is 0 Å². The van der Waals surface area contributed by atoms with Crippen LogP contribution in [0.4, 0.5) is 0 Å². The Balaban J connectivity index is 2.32. The summed E-state index contributed by atoms with van der Waals surface area (Å²) in [5, 5.41) is 9.97. The molecular weight excluding hydrogens is 152 g/mol. The van der Waals surface area contributed by atoms with E-state index in [-0.39, 0.29) is 17.6 Å². The smallest absolute Gasteiger partial charge is 0.159 e. The van der Waals surface area contributed by atoms with E-state index in [0.29, 0.717) is 6.42 Å². The van der Waals surface area contributed by atoms with Gasteiger partial charge in [-0.1, -0.05) is 12.2 Å². The molecule has 0 aliphatic heterocycles. The minimum absolute atomic E-state index is 0.0116. The lowest BCUT2D eigenvalue weighted by Crippen LogP contribution is -2.30. The molecule has 2 heteroatoms. The molecule has 1 fully saturated rings. The van der Waals surface area contributed by atoms with Crippen LogP contribution in [-0.2, 0) is 4.79 Å². The summed E-state index contributed by atoms with van der Waals surface area (Å²) in [6.07, 6.45) is 6.44. The molecule has 64 valence electrons. The van der Waals surface area contributed by atoms with Gasteiger partial charge < -0.3 is 5.11 Å². The van der Waals surface area contributed by atoms with E-state index < -0.39 is 5.60 Å². The first-order valence-corrected chi connectivity index (χ1v) is 4.25. The van der Waals surface area contributed by atoms with E-state index in [0.717, 1.165) is 6.42 Å². The lowest BCUT2D eigenvalue weighted by Gasteiger charge is -2.23. The van der Waals surface area contributed by atoms with Gasteiger partial charge in [-0.15, -0.1) is 6.58 Å². The van der Waals surface area contributed by atoms with E-state index in [4.69, 9.17) is 0 Å². The quantitative estimate of drug-likeness (QED) is 0.588. The van der Waals surface area contributed by atoms with Gasteiger partial charge >= 0.3 is 0 Å². The van der Waals surface area contributed by atoms with Gasteiger partial charge in [0, 0.05) is 11.8 Å². The van der Waals surface area contributed by atoms with Crippen LogP contribution in [0.3, 0.4) is 0 Å². The monoisotopic (exact) mass is 164 g/mol. The van der Waals surface area contributed by atoms with Gasteiger partial charge in [-0.2, -0.15) is 0 Å². The Morgan fingerprint density at radius 1 is 1.75 bits per heavy atom. The summed E-state index contributed by atoms with van der Waals surface area (Å²) in [5.74, 6) is 0.174. The van der Waals surface area contributed by atoms with Gasteiger partial charge in [-0.3, -0.25) is 4.79 Å². The average molecular weight is 164 g/mol. The number of fused-ring (bicyclic) bond motifs is 1. The van der Waals surface area contributed by atoms with Crippen molar-refractivity contribution in [1.82, 2.24) is 0 Å². The maximum atomic E-state index is 11.2. The molecule has 1 N–H and O–H groups in total. The highest BCUT2D eigenvalue weighted by Gasteiger charge is 2.48. The normalized spacial score (nSPS) is 44.9. The molecule has 1 saturated carbocycles. The van der Waals surface area contributed by atoms with Gasteiger partial charge in [0.05, 0.1) is 5.60 Å². The van der Waals surface area contributed by atoms with Crippen molar-refractivity contribution in [1.29, 1.82) is 0 Å². The zero-order valence-electron chi connectivity index (χ0n) is 6.86. The molecule has 0 heterocycles. The molecule has 2 nitrogen and oxygen atoms in total. The Morgan fingerprint density at radius 2 is 2.50 bits per heavy atom. The standard InChI is InChI=1S/C10H12O2/c1-2-10(12)6-5-7-8(10)3-4-9(7)11/h2-4,7-8,12H,1,5-6H2. The van der Waals surface area contributed by atoms with Crippen LogP contribution in [-0.4, -0.2) is 16.5 Å². The van der Waals surface area contributed by atoms with E-state index in [1.165, 1.54) is 0 Å². The summed E-state index contributed by atoms with van der Waals surface area (Å²) in [5.41, 5.74) is -0.826. The Morgan fingerprint density at radius 3 is 3.17 bits per heavy atom. The largest absolute Gasteiger partial charge is 0.385 e. The third-order valence-electron chi connectivity index (χ3n) is 3.05. The van der Waals surface area contributed by atoms with Crippen molar-refractivity contribution in [2.45, 2.75) is 18.4 Å². The average Bonchev–Trinajstić information content (AvgIpc) is 2.57.